The minimum Gasteiger partial charge on any atom is -0.484 e. The predicted molar refractivity (Wildman–Crippen MR) is 116 cm³/mol. The minimum atomic E-state index is -0.835. The van der Waals surface area contributed by atoms with Crippen LogP contribution in [-0.4, -0.2) is 35.6 Å². The summed E-state index contributed by atoms with van der Waals surface area (Å²) in [6.07, 6.45) is 5.57. The van der Waals surface area contributed by atoms with Crippen molar-refractivity contribution in [2.75, 3.05) is 6.61 Å². The highest BCUT2D eigenvalue weighted by atomic mass is 16.6. The molecule has 10 nitrogen and oxygen atoms in total. The number of ether oxygens (including phenoxy) is 1. The number of nitro groups is 1. The molecule has 1 aliphatic rings. The summed E-state index contributed by atoms with van der Waals surface area (Å²) in [6.45, 7) is 3.36. The standard InChI is InChI=1S/C22H26N4O6/c1-14(2)21(22(28)25-23-12-18-9-10-20(32-18)26(29)30)24-19(27)13-31-17-8-7-15-5-3-4-6-16(15)11-17/h7-12,14,21H,3-6,13H2,1-2H3,(H,24,27)(H,25,28)/b23-12+. The molecule has 1 atom stereocenters. The molecule has 0 radical (unpaired) electrons. The van der Waals surface area contributed by atoms with Crippen molar-refractivity contribution in [1.29, 1.82) is 0 Å². The molecular formula is C22H26N4O6. The van der Waals surface area contributed by atoms with Gasteiger partial charge in [-0.15, -0.1) is 0 Å². The lowest BCUT2D eigenvalue weighted by Crippen LogP contribution is -2.49. The number of hydrogen-bond donors (Lipinski definition) is 2. The number of carbonyl (C=O) groups excluding carboxylic acids is 2. The summed E-state index contributed by atoms with van der Waals surface area (Å²) in [4.78, 5) is 34.7. The Hall–Kier alpha value is -3.69. The van der Waals surface area contributed by atoms with Crippen LogP contribution in [0.5, 0.6) is 5.75 Å². The third-order valence-electron chi connectivity index (χ3n) is 5.11. The Labute approximate surface area is 185 Å². The fraction of sp³-hybridized carbons (Fsp3) is 0.409. The monoisotopic (exact) mass is 442 g/mol. The molecule has 2 aromatic rings. The highest BCUT2D eigenvalue weighted by Crippen LogP contribution is 2.25. The van der Waals surface area contributed by atoms with Gasteiger partial charge in [0.2, 0.25) is 0 Å². The van der Waals surface area contributed by atoms with Gasteiger partial charge in [0.15, 0.2) is 12.4 Å². The van der Waals surface area contributed by atoms with Crippen LogP contribution in [0.2, 0.25) is 0 Å². The van der Waals surface area contributed by atoms with E-state index in [1.165, 1.54) is 29.7 Å². The zero-order chi connectivity index (χ0) is 23.1. The molecule has 1 aromatic carbocycles. The molecule has 0 fully saturated rings. The summed E-state index contributed by atoms with van der Waals surface area (Å²) in [5, 5.41) is 17.0. The first-order valence-electron chi connectivity index (χ1n) is 10.4. The first-order chi connectivity index (χ1) is 15.3. The summed E-state index contributed by atoms with van der Waals surface area (Å²) < 4.78 is 10.5. The van der Waals surface area contributed by atoms with E-state index in [9.17, 15) is 19.7 Å². The number of aryl methyl sites for hydroxylation is 2. The van der Waals surface area contributed by atoms with E-state index in [0.29, 0.717) is 5.75 Å². The molecule has 32 heavy (non-hydrogen) atoms. The van der Waals surface area contributed by atoms with Gasteiger partial charge in [0.1, 0.15) is 16.7 Å². The smallest absolute Gasteiger partial charge is 0.433 e. The van der Waals surface area contributed by atoms with Crippen molar-refractivity contribution in [2.45, 2.75) is 45.6 Å². The molecule has 0 saturated heterocycles. The summed E-state index contributed by atoms with van der Waals surface area (Å²) >= 11 is 0. The molecule has 1 aromatic heterocycles. The largest absolute Gasteiger partial charge is 0.484 e. The van der Waals surface area contributed by atoms with Crippen LogP contribution in [-0.2, 0) is 22.4 Å². The average Bonchev–Trinajstić information content (AvgIpc) is 3.25. The number of fused-ring (bicyclic) bond motifs is 1. The number of amides is 2. The SMILES string of the molecule is CC(C)C(NC(=O)COc1ccc2c(c1)CCCC2)C(=O)N/N=C/c1ccc([N+](=O)[O-])o1. The first kappa shape index (κ1) is 23.0. The van der Waals surface area contributed by atoms with Gasteiger partial charge in [-0.05, 0) is 60.9 Å². The fourth-order valence-corrected chi connectivity index (χ4v) is 3.44. The van der Waals surface area contributed by atoms with Gasteiger partial charge in [0.25, 0.3) is 11.8 Å². The molecule has 10 heteroatoms. The number of hydrazone groups is 1. The summed E-state index contributed by atoms with van der Waals surface area (Å²) in [7, 11) is 0. The molecule has 3 rings (SSSR count). The van der Waals surface area contributed by atoms with Crippen LogP contribution in [0.3, 0.4) is 0 Å². The second-order valence-electron chi connectivity index (χ2n) is 7.88. The second kappa shape index (κ2) is 10.6. The summed E-state index contributed by atoms with van der Waals surface area (Å²) in [6, 6.07) is 7.58. The number of carbonyl (C=O) groups is 2. The Kier molecular flexibility index (Phi) is 7.58. The third kappa shape index (κ3) is 6.16. The highest BCUT2D eigenvalue weighted by Gasteiger charge is 2.24. The molecule has 2 N–H and O–H groups in total. The van der Waals surface area contributed by atoms with Crippen molar-refractivity contribution in [1.82, 2.24) is 10.7 Å². The zero-order valence-electron chi connectivity index (χ0n) is 18.0. The first-order valence-corrected chi connectivity index (χ1v) is 10.4. The van der Waals surface area contributed by atoms with Gasteiger partial charge < -0.3 is 14.5 Å². The predicted octanol–water partition coefficient (Wildman–Crippen LogP) is 2.74. The van der Waals surface area contributed by atoms with Crippen LogP contribution < -0.4 is 15.5 Å². The molecule has 0 spiro atoms. The van der Waals surface area contributed by atoms with Crippen molar-refractivity contribution < 1.29 is 23.7 Å². The number of rotatable bonds is 9. The third-order valence-corrected chi connectivity index (χ3v) is 5.11. The molecule has 1 heterocycles. The van der Waals surface area contributed by atoms with Crippen LogP contribution in [0.15, 0.2) is 39.9 Å². The molecule has 1 aliphatic carbocycles. The maximum Gasteiger partial charge on any atom is 0.433 e. The van der Waals surface area contributed by atoms with Gasteiger partial charge in [-0.2, -0.15) is 5.10 Å². The maximum atomic E-state index is 12.4. The van der Waals surface area contributed by atoms with Crippen LogP contribution in [0.4, 0.5) is 5.88 Å². The lowest BCUT2D eigenvalue weighted by Gasteiger charge is -2.21. The molecule has 0 saturated carbocycles. The van der Waals surface area contributed by atoms with Crippen LogP contribution in [0.25, 0.3) is 0 Å². The normalized spacial score (nSPS) is 14.1. The molecule has 170 valence electrons. The molecular weight excluding hydrogens is 416 g/mol. The van der Waals surface area contributed by atoms with Crippen molar-refractivity contribution >= 4 is 23.9 Å². The number of nitrogens with zero attached hydrogens (tertiary/aromatic N) is 2. The van der Waals surface area contributed by atoms with Gasteiger partial charge in [-0.1, -0.05) is 19.9 Å². The van der Waals surface area contributed by atoms with E-state index >= 15 is 0 Å². The minimum absolute atomic E-state index is 0.112. The Morgan fingerprint density at radius 2 is 1.97 bits per heavy atom. The van der Waals surface area contributed by atoms with E-state index in [0.717, 1.165) is 25.5 Å². The molecule has 0 aliphatic heterocycles. The lowest BCUT2D eigenvalue weighted by molar-refractivity contribution is -0.402. The van der Waals surface area contributed by atoms with Crippen LogP contribution >= 0.6 is 0 Å². The Bertz CT molecular complexity index is 1010. The number of furan rings is 1. The number of nitrogens with one attached hydrogen (secondary N) is 2. The number of hydrogen-bond acceptors (Lipinski definition) is 7. The Morgan fingerprint density at radius 3 is 2.66 bits per heavy atom. The van der Waals surface area contributed by atoms with Gasteiger partial charge in [-0.25, -0.2) is 5.43 Å². The van der Waals surface area contributed by atoms with Crippen molar-refractivity contribution in [2.24, 2.45) is 11.0 Å². The van der Waals surface area contributed by atoms with Crippen molar-refractivity contribution in [3.63, 3.8) is 0 Å². The molecule has 2 amide bonds. The highest BCUT2D eigenvalue weighted by molar-refractivity contribution is 5.89. The Morgan fingerprint density at radius 1 is 1.22 bits per heavy atom. The van der Waals surface area contributed by atoms with Gasteiger partial charge in [-0.3, -0.25) is 19.7 Å². The van der Waals surface area contributed by atoms with Gasteiger partial charge >= 0.3 is 5.88 Å². The van der Waals surface area contributed by atoms with Crippen molar-refractivity contribution in [3.8, 4) is 5.75 Å². The van der Waals surface area contributed by atoms with E-state index in [-0.39, 0.29) is 18.3 Å². The van der Waals surface area contributed by atoms with Gasteiger partial charge in [0, 0.05) is 0 Å². The van der Waals surface area contributed by atoms with E-state index in [4.69, 9.17) is 9.15 Å². The lowest BCUT2D eigenvalue weighted by atomic mass is 9.92. The topological polar surface area (TPSA) is 136 Å². The van der Waals surface area contributed by atoms with E-state index < -0.39 is 28.7 Å². The molecule has 0 bridgehead atoms. The second-order valence-corrected chi connectivity index (χ2v) is 7.88. The Balaban J connectivity index is 1.51. The van der Waals surface area contributed by atoms with E-state index in [2.05, 4.69) is 15.8 Å². The summed E-state index contributed by atoms with van der Waals surface area (Å²) in [5.41, 5.74) is 4.90. The number of benzene rings is 1. The maximum absolute atomic E-state index is 12.4. The average molecular weight is 442 g/mol. The van der Waals surface area contributed by atoms with E-state index in [1.807, 2.05) is 18.2 Å². The quantitative estimate of drug-likeness (QED) is 0.348. The van der Waals surface area contributed by atoms with Gasteiger partial charge in [0.05, 0.1) is 12.3 Å². The molecule has 1 unspecified atom stereocenters. The zero-order valence-corrected chi connectivity index (χ0v) is 18.0. The van der Waals surface area contributed by atoms with Crippen molar-refractivity contribution in [3.05, 3.63) is 57.3 Å². The van der Waals surface area contributed by atoms with Crippen LogP contribution in [0, 0.1) is 16.0 Å². The van der Waals surface area contributed by atoms with Crippen LogP contribution in [0.1, 0.15) is 43.6 Å². The fourth-order valence-electron chi connectivity index (χ4n) is 3.44. The summed E-state index contributed by atoms with van der Waals surface area (Å²) in [5.74, 6) is -0.850. The van der Waals surface area contributed by atoms with E-state index in [1.54, 1.807) is 13.8 Å².